The first-order chi connectivity index (χ1) is 9.98. The Morgan fingerprint density at radius 1 is 1.32 bits per heavy atom. The van der Waals surface area contributed by atoms with Gasteiger partial charge in [-0.25, -0.2) is 9.59 Å². The molecule has 6 heteroatoms. The Balaban J connectivity index is 2.88. The van der Waals surface area contributed by atoms with Crippen molar-refractivity contribution in [1.29, 1.82) is 0 Å². The summed E-state index contributed by atoms with van der Waals surface area (Å²) in [6.07, 6.45) is -0.132. The molecule has 0 radical (unpaired) electrons. The van der Waals surface area contributed by atoms with Gasteiger partial charge in [0.25, 0.3) is 0 Å². The molecule has 0 spiro atoms. The van der Waals surface area contributed by atoms with E-state index in [9.17, 15) is 14.0 Å². The molecular weight excluding hydrogens is 289 g/mol. The lowest BCUT2D eigenvalue weighted by Crippen LogP contribution is -2.47. The fraction of sp³-hybridized carbons (Fsp3) is 0.750. The summed E-state index contributed by atoms with van der Waals surface area (Å²) in [5, 5.41) is 0. The average molecular weight is 315 g/mol. The lowest BCUT2D eigenvalue weighted by atomic mass is 9.78. The zero-order chi connectivity index (χ0) is 17.1. The fourth-order valence-electron chi connectivity index (χ4n) is 2.44. The maximum Gasteiger partial charge on any atom is 0.410 e. The van der Waals surface area contributed by atoms with Crippen molar-refractivity contribution < 1.29 is 23.5 Å². The zero-order valence-corrected chi connectivity index (χ0v) is 14.3. The van der Waals surface area contributed by atoms with Gasteiger partial charge < -0.3 is 14.4 Å². The third-order valence-electron chi connectivity index (χ3n) is 3.41. The summed E-state index contributed by atoms with van der Waals surface area (Å²) in [6, 6.07) is 0. The van der Waals surface area contributed by atoms with Crippen LogP contribution in [0.5, 0.6) is 0 Å². The van der Waals surface area contributed by atoms with Crippen molar-refractivity contribution in [3.05, 3.63) is 11.4 Å². The third kappa shape index (κ3) is 4.71. The van der Waals surface area contributed by atoms with E-state index in [1.165, 1.54) is 0 Å². The first-order valence-corrected chi connectivity index (χ1v) is 7.52. The van der Waals surface area contributed by atoms with Gasteiger partial charge in [0.2, 0.25) is 5.83 Å². The number of hydrogen-bond acceptors (Lipinski definition) is 4. The summed E-state index contributed by atoms with van der Waals surface area (Å²) in [6.45, 7) is 11.4. The number of halogens is 1. The SMILES string of the molecule is CCOC(=O)/C(F)=C1\CCN(C(=O)OC(C)(C)C)CC1(C)C. The minimum absolute atomic E-state index is 0.129. The minimum Gasteiger partial charge on any atom is -0.461 e. The highest BCUT2D eigenvalue weighted by atomic mass is 19.1. The summed E-state index contributed by atoms with van der Waals surface area (Å²) < 4.78 is 24.3. The highest BCUT2D eigenvalue weighted by Crippen LogP contribution is 2.37. The van der Waals surface area contributed by atoms with Gasteiger partial charge in [-0.15, -0.1) is 0 Å². The highest BCUT2D eigenvalue weighted by Gasteiger charge is 2.38. The highest BCUT2D eigenvalue weighted by molar-refractivity contribution is 5.87. The number of esters is 1. The van der Waals surface area contributed by atoms with Crippen LogP contribution in [0.3, 0.4) is 0 Å². The van der Waals surface area contributed by atoms with E-state index in [0.29, 0.717) is 18.7 Å². The van der Waals surface area contributed by atoms with Crippen LogP contribution in [0.25, 0.3) is 0 Å². The first kappa shape index (κ1) is 18.5. The molecule has 1 fully saturated rings. The fourth-order valence-corrected chi connectivity index (χ4v) is 2.44. The lowest BCUT2D eigenvalue weighted by molar-refractivity contribution is -0.140. The van der Waals surface area contributed by atoms with E-state index in [2.05, 4.69) is 0 Å². The van der Waals surface area contributed by atoms with Crippen LogP contribution in [0.15, 0.2) is 11.4 Å². The Kier molecular flexibility index (Phi) is 5.59. The second-order valence-electron chi connectivity index (χ2n) is 7.05. The predicted molar refractivity (Wildman–Crippen MR) is 81.0 cm³/mol. The Morgan fingerprint density at radius 2 is 1.91 bits per heavy atom. The number of hydrogen-bond donors (Lipinski definition) is 0. The van der Waals surface area contributed by atoms with Crippen LogP contribution in [-0.4, -0.2) is 42.3 Å². The number of likely N-dealkylation sites (tertiary alicyclic amines) is 1. The van der Waals surface area contributed by atoms with E-state index in [0.717, 1.165) is 0 Å². The number of piperidine rings is 1. The molecule has 1 saturated heterocycles. The predicted octanol–water partition coefficient (Wildman–Crippen LogP) is 3.44. The van der Waals surface area contributed by atoms with Gasteiger partial charge in [-0.3, -0.25) is 0 Å². The Labute approximate surface area is 131 Å². The molecule has 22 heavy (non-hydrogen) atoms. The Hall–Kier alpha value is -1.59. The standard InChI is InChI=1S/C16H26FNO4/c1-7-21-13(19)12(17)11-8-9-18(10-16(11,5)6)14(20)22-15(2,3)4/h7-10H2,1-6H3/b12-11-. The molecule has 0 saturated carbocycles. The van der Waals surface area contributed by atoms with Crippen LogP contribution >= 0.6 is 0 Å². The van der Waals surface area contributed by atoms with Gasteiger partial charge in [0.1, 0.15) is 5.60 Å². The van der Waals surface area contributed by atoms with Crippen molar-refractivity contribution in [2.75, 3.05) is 19.7 Å². The first-order valence-electron chi connectivity index (χ1n) is 7.52. The van der Waals surface area contributed by atoms with Crippen molar-refractivity contribution in [3.8, 4) is 0 Å². The Morgan fingerprint density at radius 3 is 2.36 bits per heavy atom. The maximum absolute atomic E-state index is 14.2. The van der Waals surface area contributed by atoms with Crippen molar-refractivity contribution in [2.45, 2.75) is 53.6 Å². The van der Waals surface area contributed by atoms with E-state index < -0.39 is 28.9 Å². The van der Waals surface area contributed by atoms with Crippen molar-refractivity contribution >= 4 is 12.1 Å². The van der Waals surface area contributed by atoms with E-state index in [-0.39, 0.29) is 13.0 Å². The van der Waals surface area contributed by atoms with Crippen LogP contribution in [0, 0.1) is 5.41 Å². The van der Waals surface area contributed by atoms with Gasteiger partial charge in [-0.2, -0.15) is 4.39 Å². The molecule has 0 N–H and O–H groups in total. The van der Waals surface area contributed by atoms with Gasteiger partial charge in [0, 0.05) is 18.5 Å². The molecule has 0 atom stereocenters. The lowest BCUT2D eigenvalue weighted by Gasteiger charge is -2.40. The molecule has 0 aromatic heterocycles. The van der Waals surface area contributed by atoms with Crippen LogP contribution in [0.4, 0.5) is 9.18 Å². The van der Waals surface area contributed by atoms with Gasteiger partial charge in [0.15, 0.2) is 0 Å². The normalized spacial score (nSPS) is 20.4. The van der Waals surface area contributed by atoms with Crippen LogP contribution in [0.1, 0.15) is 48.0 Å². The van der Waals surface area contributed by atoms with E-state index in [4.69, 9.17) is 9.47 Å². The summed E-state index contributed by atoms with van der Waals surface area (Å²) in [4.78, 5) is 25.2. The number of nitrogens with zero attached hydrogens (tertiary/aromatic N) is 1. The summed E-state index contributed by atoms with van der Waals surface area (Å²) in [5.41, 5.74) is -0.828. The molecule has 1 heterocycles. The molecule has 0 aromatic carbocycles. The van der Waals surface area contributed by atoms with Gasteiger partial charge in [-0.1, -0.05) is 13.8 Å². The zero-order valence-electron chi connectivity index (χ0n) is 14.3. The van der Waals surface area contributed by atoms with Crippen molar-refractivity contribution in [2.24, 2.45) is 5.41 Å². The molecule has 0 aromatic rings. The monoisotopic (exact) mass is 315 g/mol. The minimum atomic E-state index is -0.934. The maximum atomic E-state index is 14.2. The van der Waals surface area contributed by atoms with Crippen molar-refractivity contribution in [1.82, 2.24) is 4.90 Å². The topological polar surface area (TPSA) is 55.8 Å². The number of amides is 1. The summed E-state index contributed by atoms with van der Waals surface area (Å²) >= 11 is 0. The van der Waals surface area contributed by atoms with Gasteiger partial charge >= 0.3 is 12.1 Å². The molecule has 1 aliphatic rings. The van der Waals surface area contributed by atoms with Gasteiger partial charge in [0.05, 0.1) is 6.61 Å². The number of ether oxygens (including phenoxy) is 2. The average Bonchev–Trinajstić information content (AvgIpc) is 2.35. The van der Waals surface area contributed by atoms with E-state index >= 15 is 0 Å². The Bertz CT molecular complexity index is 477. The van der Waals surface area contributed by atoms with Crippen LogP contribution in [-0.2, 0) is 14.3 Å². The molecule has 5 nitrogen and oxygen atoms in total. The second kappa shape index (κ2) is 6.67. The van der Waals surface area contributed by atoms with E-state index in [1.54, 1.807) is 46.4 Å². The number of rotatable bonds is 2. The second-order valence-corrected chi connectivity index (χ2v) is 7.05. The van der Waals surface area contributed by atoms with Gasteiger partial charge in [-0.05, 0) is 39.7 Å². The molecule has 1 amide bonds. The van der Waals surface area contributed by atoms with Crippen LogP contribution in [0.2, 0.25) is 0 Å². The number of carbonyl (C=O) groups is 2. The molecular formula is C16H26FNO4. The molecule has 1 rings (SSSR count). The van der Waals surface area contributed by atoms with Crippen LogP contribution < -0.4 is 0 Å². The van der Waals surface area contributed by atoms with E-state index in [1.807, 2.05) is 0 Å². The molecule has 126 valence electrons. The molecule has 1 aliphatic heterocycles. The largest absolute Gasteiger partial charge is 0.461 e. The summed E-state index contributed by atoms with van der Waals surface area (Å²) in [7, 11) is 0. The van der Waals surface area contributed by atoms with Crippen molar-refractivity contribution in [3.63, 3.8) is 0 Å². The third-order valence-corrected chi connectivity index (χ3v) is 3.41. The number of carbonyl (C=O) groups excluding carboxylic acids is 2. The summed E-state index contributed by atoms with van der Waals surface area (Å²) in [5.74, 6) is -1.77. The smallest absolute Gasteiger partial charge is 0.410 e. The quantitative estimate of drug-likeness (QED) is 0.578. The molecule has 0 aliphatic carbocycles. The molecule has 0 bridgehead atoms. The molecule has 0 unspecified atom stereocenters.